The Morgan fingerprint density at radius 1 is 1.32 bits per heavy atom. The molecule has 0 saturated carbocycles. The number of rotatable bonds is 3. The van der Waals surface area contributed by atoms with E-state index in [9.17, 15) is 9.90 Å². The predicted octanol–water partition coefficient (Wildman–Crippen LogP) is 0.721. The third-order valence-electron chi connectivity index (χ3n) is 2.61. The van der Waals surface area contributed by atoms with Gasteiger partial charge in [0.1, 0.15) is 5.60 Å². The minimum Gasteiger partial charge on any atom is -0.444 e. The first kappa shape index (κ1) is 16.2. The fourth-order valence-electron chi connectivity index (χ4n) is 1.76. The van der Waals surface area contributed by atoms with Gasteiger partial charge in [0.2, 0.25) is 0 Å². The van der Waals surface area contributed by atoms with E-state index >= 15 is 0 Å². The molecule has 0 spiro atoms. The highest BCUT2D eigenvalue weighted by Crippen LogP contribution is 2.17. The van der Waals surface area contributed by atoms with Crippen LogP contribution in [0.4, 0.5) is 4.79 Å². The van der Waals surface area contributed by atoms with Crippen molar-refractivity contribution in [3.05, 3.63) is 0 Å². The van der Waals surface area contributed by atoms with E-state index in [1.807, 2.05) is 20.8 Å². The first-order chi connectivity index (χ1) is 8.48. The van der Waals surface area contributed by atoms with Gasteiger partial charge in [-0.25, -0.2) is 4.79 Å². The van der Waals surface area contributed by atoms with Crippen LogP contribution >= 0.6 is 0 Å². The fraction of sp³-hybridized carbons (Fsp3) is 0.923. The first-order valence-corrected chi connectivity index (χ1v) is 6.55. The molecular weight excluding hydrogens is 248 g/mol. The lowest BCUT2D eigenvalue weighted by Crippen LogP contribution is -2.39. The number of nitrogens with two attached hydrogens (primary N) is 1. The summed E-state index contributed by atoms with van der Waals surface area (Å²) < 4.78 is 10.9. The molecule has 19 heavy (non-hydrogen) atoms. The average molecular weight is 274 g/mol. The standard InChI is InChI=1S/C13H26N2O4/c1-12(2,3)19-11(16)15-6-9(14)10(7-15)18-8-13(4,5)17/h9-10,17H,6-8,14H2,1-5H3/t9-,10-/m1/s1. The van der Waals surface area contributed by atoms with Crippen LogP contribution in [0.15, 0.2) is 0 Å². The van der Waals surface area contributed by atoms with Crippen molar-refractivity contribution in [2.75, 3.05) is 19.7 Å². The number of aliphatic hydroxyl groups is 1. The molecule has 6 heteroatoms. The van der Waals surface area contributed by atoms with Crippen LogP contribution in [-0.2, 0) is 9.47 Å². The van der Waals surface area contributed by atoms with Crippen molar-refractivity contribution in [1.82, 2.24) is 4.90 Å². The zero-order chi connectivity index (χ0) is 14.8. The monoisotopic (exact) mass is 274 g/mol. The van der Waals surface area contributed by atoms with Gasteiger partial charge in [0.15, 0.2) is 0 Å². The van der Waals surface area contributed by atoms with E-state index < -0.39 is 11.2 Å². The fourth-order valence-corrected chi connectivity index (χ4v) is 1.76. The van der Waals surface area contributed by atoms with E-state index in [0.717, 1.165) is 0 Å². The summed E-state index contributed by atoms with van der Waals surface area (Å²) in [7, 11) is 0. The van der Waals surface area contributed by atoms with E-state index in [2.05, 4.69) is 0 Å². The Bertz CT molecular complexity index is 320. The second kappa shape index (κ2) is 5.64. The number of amides is 1. The van der Waals surface area contributed by atoms with Crippen LogP contribution in [0.5, 0.6) is 0 Å². The van der Waals surface area contributed by atoms with Crippen molar-refractivity contribution in [2.24, 2.45) is 5.73 Å². The Kier molecular flexibility index (Phi) is 4.81. The predicted molar refractivity (Wildman–Crippen MR) is 71.8 cm³/mol. The summed E-state index contributed by atoms with van der Waals surface area (Å²) in [5.41, 5.74) is 4.52. The van der Waals surface area contributed by atoms with Crippen molar-refractivity contribution >= 4 is 6.09 Å². The van der Waals surface area contributed by atoms with Gasteiger partial charge in [-0.3, -0.25) is 0 Å². The first-order valence-electron chi connectivity index (χ1n) is 6.55. The number of hydrogen-bond acceptors (Lipinski definition) is 5. The molecule has 1 aliphatic heterocycles. The number of carbonyl (C=O) groups excluding carboxylic acids is 1. The molecule has 1 rings (SSSR count). The van der Waals surface area contributed by atoms with Crippen LogP contribution < -0.4 is 5.73 Å². The van der Waals surface area contributed by atoms with Gasteiger partial charge in [0.05, 0.1) is 30.9 Å². The van der Waals surface area contributed by atoms with Crippen LogP contribution in [0, 0.1) is 0 Å². The highest BCUT2D eigenvalue weighted by atomic mass is 16.6. The van der Waals surface area contributed by atoms with E-state index in [4.69, 9.17) is 15.2 Å². The molecule has 0 aliphatic carbocycles. The van der Waals surface area contributed by atoms with Gasteiger partial charge in [-0.05, 0) is 34.6 Å². The number of likely N-dealkylation sites (tertiary alicyclic amines) is 1. The lowest BCUT2D eigenvalue weighted by Gasteiger charge is -2.24. The molecule has 2 atom stereocenters. The Labute approximate surface area is 114 Å². The molecule has 1 aliphatic rings. The van der Waals surface area contributed by atoms with E-state index in [0.29, 0.717) is 13.1 Å². The van der Waals surface area contributed by atoms with E-state index in [-0.39, 0.29) is 24.8 Å². The Morgan fingerprint density at radius 3 is 2.37 bits per heavy atom. The van der Waals surface area contributed by atoms with Gasteiger partial charge in [0, 0.05) is 6.54 Å². The molecule has 3 N–H and O–H groups in total. The summed E-state index contributed by atoms with van der Waals surface area (Å²) in [5, 5.41) is 9.62. The highest BCUT2D eigenvalue weighted by molar-refractivity contribution is 5.68. The largest absolute Gasteiger partial charge is 0.444 e. The molecule has 1 saturated heterocycles. The maximum Gasteiger partial charge on any atom is 0.410 e. The lowest BCUT2D eigenvalue weighted by molar-refractivity contribution is -0.0530. The van der Waals surface area contributed by atoms with Crippen LogP contribution in [0.1, 0.15) is 34.6 Å². The second-order valence-corrected chi connectivity index (χ2v) is 6.71. The summed E-state index contributed by atoms with van der Waals surface area (Å²) in [4.78, 5) is 13.4. The number of carbonyl (C=O) groups is 1. The number of hydrogen-bond donors (Lipinski definition) is 2. The summed E-state index contributed by atoms with van der Waals surface area (Å²) in [6.45, 7) is 9.79. The molecule has 0 aromatic carbocycles. The van der Waals surface area contributed by atoms with E-state index in [1.165, 1.54) is 0 Å². The summed E-state index contributed by atoms with van der Waals surface area (Å²) in [6.07, 6.45) is -0.642. The molecule has 112 valence electrons. The van der Waals surface area contributed by atoms with E-state index in [1.54, 1.807) is 18.7 Å². The molecule has 0 radical (unpaired) electrons. The summed E-state index contributed by atoms with van der Waals surface area (Å²) in [6, 6.07) is -0.255. The third-order valence-corrected chi connectivity index (χ3v) is 2.61. The molecule has 0 unspecified atom stereocenters. The third kappa shape index (κ3) is 5.76. The van der Waals surface area contributed by atoms with Crippen molar-refractivity contribution in [2.45, 2.75) is 58.0 Å². The minimum atomic E-state index is -0.904. The molecule has 0 aromatic rings. The molecule has 0 aromatic heterocycles. The van der Waals surface area contributed by atoms with Crippen molar-refractivity contribution in [1.29, 1.82) is 0 Å². The molecule has 1 fully saturated rings. The summed E-state index contributed by atoms with van der Waals surface area (Å²) in [5.74, 6) is 0. The Morgan fingerprint density at radius 2 is 1.89 bits per heavy atom. The zero-order valence-corrected chi connectivity index (χ0v) is 12.5. The Hall–Kier alpha value is -0.850. The molecule has 1 heterocycles. The van der Waals surface area contributed by atoms with Gasteiger partial charge >= 0.3 is 6.09 Å². The van der Waals surface area contributed by atoms with Crippen LogP contribution in [0.2, 0.25) is 0 Å². The van der Waals surface area contributed by atoms with Crippen LogP contribution in [-0.4, -0.2) is 59.1 Å². The summed E-state index contributed by atoms with van der Waals surface area (Å²) >= 11 is 0. The van der Waals surface area contributed by atoms with Crippen molar-refractivity contribution in [3.8, 4) is 0 Å². The smallest absolute Gasteiger partial charge is 0.410 e. The number of nitrogens with zero attached hydrogens (tertiary/aromatic N) is 1. The topological polar surface area (TPSA) is 85.0 Å². The minimum absolute atomic E-state index is 0.188. The molecular formula is C13H26N2O4. The zero-order valence-electron chi connectivity index (χ0n) is 12.5. The SMILES string of the molecule is CC(C)(O)CO[C@@H]1CN(C(=O)OC(C)(C)C)C[C@H]1N. The van der Waals surface area contributed by atoms with Crippen LogP contribution in [0.25, 0.3) is 0 Å². The molecule has 0 bridgehead atoms. The molecule has 1 amide bonds. The maximum atomic E-state index is 11.9. The highest BCUT2D eigenvalue weighted by Gasteiger charge is 2.36. The maximum absolute atomic E-state index is 11.9. The van der Waals surface area contributed by atoms with Gasteiger partial charge in [-0.2, -0.15) is 0 Å². The van der Waals surface area contributed by atoms with Gasteiger partial charge in [-0.1, -0.05) is 0 Å². The lowest BCUT2D eigenvalue weighted by atomic mass is 10.1. The van der Waals surface area contributed by atoms with Crippen LogP contribution in [0.3, 0.4) is 0 Å². The normalized spacial score (nSPS) is 24.7. The van der Waals surface area contributed by atoms with Gasteiger partial charge in [-0.15, -0.1) is 0 Å². The Balaban J connectivity index is 2.48. The second-order valence-electron chi connectivity index (χ2n) is 6.71. The van der Waals surface area contributed by atoms with Gasteiger partial charge < -0.3 is 25.2 Å². The van der Waals surface area contributed by atoms with Crippen molar-refractivity contribution < 1.29 is 19.4 Å². The number of ether oxygens (including phenoxy) is 2. The van der Waals surface area contributed by atoms with Crippen molar-refractivity contribution in [3.63, 3.8) is 0 Å². The quantitative estimate of drug-likeness (QED) is 0.792. The molecule has 6 nitrogen and oxygen atoms in total. The van der Waals surface area contributed by atoms with Gasteiger partial charge in [0.25, 0.3) is 0 Å². The average Bonchev–Trinajstić information content (AvgIpc) is 2.53.